The van der Waals surface area contributed by atoms with Crippen molar-refractivity contribution < 1.29 is 4.79 Å². The van der Waals surface area contributed by atoms with Gasteiger partial charge in [0.25, 0.3) is 0 Å². The van der Waals surface area contributed by atoms with Gasteiger partial charge in [-0.25, -0.2) is 0 Å². The lowest BCUT2D eigenvalue weighted by Crippen LogP contribution is -1.98. The van der Waals surface area contributed by atoms with Gasteiger partial charge in [0.15, 0.2) is 5.78 Å². The van der Waals surface area contributed by atoms with Gasteiger partial charge in [0, 0.05) is 17.6 Å². The first-order valence-electron chi connectivity index (χ1n) is 6.56. The first-order chi connectivity index (χ1) is 9.16. The molecule has 0 N–H and O–H groups in total. The van der Waals surface area contributed by atoms with Crippen LogP contribution in [0.3, 0.4) is 0 Å². The van der Waals surface area contributed by atoms with Crippen molar-refractivity contribution >= 4 is 11.9 Å². The maximum atomic E-state index is 12.5. The van der Waals surface area contributed by atoms with Gasteiger partial charge in [-0.15, -0.1) is 0 Å². The largest absolute Gasteiger partial charge is 0.289 e. The molecule has 0 saturated carbocycles. The van der Waals surface area contributed by atoms with E-state index in [2.05, 4.69) is 13.0 Å². The molecular weight excluding hydrogens is 232 g/mol. The molecule has 0 saturated heterocycles. The van der Waals surface area contributed by atoms with E-state index in [1.165, 1.54) is 11.1 Å². The van der Waals surface area contributed by atoms with E-state index in [0.29, 0.717) is 0 Å². The number of fused-ring (bicyclic) bond motifs is 1. The molecule has 1 aliphatic carbocycles. The van der Waals surface area contributed by atoms with Crippen LogP contribution < -0.4 is 0 Å². The summed E-state index contributed by atoms with van der Waals surface area (Å²) >= 11 is 0. The average molecular weight is 248 g/mol. The van der Waals surface area contributed by atoms with Crippen molar-refractivity contribution in [2.24, 2.45) is 0 Å². The fourth-order valence-electron chi connectivity index (χ4n) is 2.71. The highest BCUT2D eigenvalue weighted by Gasteiger charge is 2.27. The Hall–Kier alpha value is -2.15. The Morgan fingerprint density at radius 1 is 0.947 bits per heavy atom. The van der Waals surface area contributed by atoms with Gasteiger partial charge in [0.2, 0.25) is 0 Å². The van der Waals surface area contributed by atoms with Crippen LogP contribution in [0, 0.1) is 13.8 Å². The van der Waals surface area contributed by atoms with E-state index in [0.717, 1.165) is 28.7 Å². The number of rotatable bonds is 1. The van der Waals surface area contributed by atoms with Crippen molar-refractivity contribution in [1.29, 1.82) is 0 Å². The third-order valence-electron chi connectivity index (χ3n) is 3.78. The maximum absolute atomic E-state index is 12.5. The predicted octanol–water partition coefficient (Wildman–Crippen LogP) is 4.13. The molecule has 0 amide bonds. The van der Waals surface area contributed by atoms with E-state index in [1.54, 1.807) is 0 Å². The summed E-state index contributed by atoms with van der Waals surface area (Å²) in [7, 11) is 0. The van der Waals surface area contributed by atoms with Gasteiger partial charge < -0.3 is 0 Å². The number of carbonyl (C=O) groups is 1. The Kier molecular flexibility index (Phi) is 2.83. The van der Waals surface area contributed by atoms with Crippen molar-refractivity contribution in [3.05, 3.63) is 75.9 Å². The molecule has 2 aromatic carbocycles. The Morgan fingerprint density at radius 2 is 1.63 bits per heavy atom. The van der Waals surface area contributed by atoms with Crippen LogP contribution in [0.15, 0.2) is 48.0 Å². The highest BCUT2D eigenvalue weighted by Crippen LogP contribution is 2.32. The maximum Gasteiger partial charge on any atom is 0.189 e. The molecule has 1 aliphatic rings. The van der Waals surface area contributed by atoms with Crippen LogP contribution in [0.2, 0.25) is 0 Å². The molecule has 19 heavy (non-hydrogen) atoms. The second-order valence-corrected chi connectivity index (χ2v) is 5.14. The smallest absolute Gasteiger partial charge is 0.189 e. The molecule has 0 atom stereocenters. The number of hydrogen-bond donors (Lipinski definition) is 0. The van der Waals surface area contributed by atoms with Gasteiger partial charge in [0.05, 0.1) is 0 Å². The number of aryl methyl sites for hydroxylation is 2. The predicted molar refractivity (Wildman–Crippen MR) is 78.4 cm³/mol. The van der Waals surface area contributed by atoms with Crippen molar-refractivity contribution in [2.75, 3.05) is 0 Å². The molecule has 3 rings (SSSR count). The van der Waals surface area contributed by atoms with Gasteiger partial charge >= 0.3 is 0 Å². The fourth-order valence-corrected chi connectivity index (χ4v) is 2.71. The number of allylic oxidation sites excluding steroid dienone is 1. The summed E-state index contributed by atoms with van der Waals surface area (Å²) in [6, 6.07) is 14.2. The minimum atomic E-state index is 0.194. The Bertz CT molecular complexity index is 678. The molecule has 1 nitrogen and oxygen atoms in total. The normalized spacial score (nSPS) is 15.9. The summed E-state index contributed by atoms with van der Waals surface area (Å²) in [5, 5.41) is 0. The van der Waals surface area contributed by atoms with Crippen LogP contribution in [0.5, 0.6) is 0 Å². The molecule has 0 radical (unpaired) electrons. The zero-order valence-corrected chi connectivity index (χ0v) is 11.2. The summed E-state index contributed by atoms with van der Waals surface area (Å²) < 4.78 is 0. The van der Waals surface area contributed by atoms with Crippen molar-refractivity contribution in [1.82, 2.24) is 0 Å². The second-order valence-electron chi connectivity index (χ2n) is 5.14. The van der Waals surface area contributed by atoms with Crippen LogP contribution in [0.25, 0.3) is 6.08 Å². The molecule has 0 unspecified atom stereocenters. The lowest BCUT2D eigenvalue weighted by Gasteiger charge is -2.04. The lowest BCUT2D eigenvalue weighted by molar-refractivity contribution is 0.104. The molecule has 0 spiro atoms. The van der Waals surface area contributed by atoms with E-state index < -0.39 is 0 Å². The van der Waals surface area contributed by atoms with Crippen molar-refractivity contribution in [2.45, 2.75) is 20.3 Å². The summed E-state index contributed by atoms with van der Waals surface area (Å²) in [5.41, 5.74) is 6.41. The van der Waals surface area contributed by atoms with Crippen LogP contribution in [0.1, 0.15) is 32.6 Å². The van der Waals surface area contributed by atoms with Gasteiger partial charge in [-0.1, -0.05) is 42.5 Å². The van der Waals surface area contributed by atoms with Gasteiger partial charge in [-0.3, -0.25) is 4.79 Å². The third-order valence-corrected chi connectivity index (χ3v) is 3.78. The summed E-state index contributed by atoms with van der Waals surface area (Å²) in [5.74, 6) is 0.194. The third kappa shape index (κ3) is 2.01. The van der Waals surface area contributed by atoms with E-state index in [9.17, 15) is 4.79 Å². The average Bonchev–Trinajstić information content (AvgIpc) is 2.74. The molecule has 0 aromatic heterocycles. The zero-order chi connectivity index (χ0) is 13.4. The molecule has 0 bridgehead atoms. The van der Waals surface area contributed by atoms with E-state index in [-0.39, 0.29) is 5.78 Å². The van der Waals surface area contributed by atoms with Crippen molar-refractivity contribution in [3.8, 4) is 0 Å². The quantitative estimate of drug-likeness (QED) is 0.694. The Balaban J connectivity index is 2.07. The minimum Gasteiger partial charge on any atom is -0.289 e. The SMILES string of the molecule is Cc1ccc(C)c2c1C/C(=C\c1ccccc1)C2=O. The first kappa shape index (κ1) is 11.9. The zero-order valence-electron chi connectivity index (χ0n) is 11.2. The van der Waals surface area contributed by atoms with Crippen LogP contribution in [0.4, 0.5) is 0 Å². The van der Waals surface area contributed by atoms with Crippen molar-refractivity contribution in [3.63, 3.8) is 0 Å². The molecule has 2 aromatic rings. The first-order valence-corrected chi connectivity index (χ1v) is 6.56. The van der Waals surface area contributed by atoms with Crippen LogP contribution >= 0.6 is 0 Å². The highest BCUT2D eigenvalue weighted by atomic mass is 16.1. The van der Waals surface area contributed by atoms with E-state index in [4.69, 9.17) is 0 Å². The minimum absolute atomic E-state index is 0.194. The van der Waals surface area contributed by atoms with E-state index >= 15 is 0 Å². The molecule has 0 aliphatic heterocycles. The highest BCUT2D eigenvalue weighted by molar-refractivity contribution is 6.16. The molecule has 0 fully saturated rings. The Labute approximate surface area is 113 Å². The second kappa shape index (κ2) is 4.51. The topological polar surface area (TPSA) is 17.1 Å². The Morgan fingerprint density at radius 3 is 2.32 bits per heavy atom. The number of hydrogen-bond acceptors (Lipinski definition) is 1. The molecule has 0 heterocycles. The summed E-state index contributed by atoms with van der Waals surface area (Å²) in [6.07, 6.45) is 2.78. The summed E-state index contributed by atoms with van der Waals surface area (Å²) in [4.78, 5) is 12.5. The number of benzene rings is 2. The van der Waals surface area contributed by atoms with Gasteiger partial charge in [0.1, 0.15) is 0 Å². The number of ketones is 1. The van der Waals surface area contributed by atoms with E-state index in [1.807, 2.05) is 49.4 Å². The number of Topliss-reactive ketones (excluding diaryl/α,β-unsaturated/α-hetero) is 1. The summed E-state index contributed by atoms with van der Waals surface area (Å²) in [6.45, 7) is 4.10. The molecular formula is C18H16O. The van der Waals surface area contributed by atoms with Gasteiger partial charge in [-0.2, -0.15) is 0 Å². The fraction of sp³-hybridized carbons (Fsp3) is 0.167. The molecule has 1 heteroatoms. The standard InChI is InChI=1S/C18H16O/c1-12-8-9-13(2)17-16(12)11-15(18(17)19)10-14-6-4-3-5-7-14/h3-10H,11H2,1-2H3/b15-10+. The lowest BCUT2D eigenvalue weighted by atomic mass is 10.00. The van der Waals surface area contributed by atoms with Crippen LogP contribution in [-0.4, -0.2) is 5.78 Å². The molecule has 94 valence electrons. The monoisotopic (exact) mass is 248 g/mol. The van der Waals surface area contributed by atoms with Crippen LogP contribution in [-0.2, 0) is 6.42 Å². The van der Waals surface area contributed by atoms with Gasteiger partial charge in [-0.05, 0) is 42.2 Å². The number of carbonyl (C=O) groups excluding carboxylic acids is 1.